The average Bonchev–Trinajstić information content (AvgIpc) is 3.07. The van der Waals surface area contributed by atoms with Gasteiger partial charge in [0.05, 0.1) is 11.8 Å². The Morgan fingerprint density at radius 1 is 1.33 bits per heavy atom. The van der Waals surface area contributed by atoms with Crippen LogP contribution < -0.4 is 5.32 Å². The summed E-state index contributed by atoms with van der Waals surface area (Å²) in [6.07, 6.45) is 3.20. The molecule has 0 aliphatic heterocycles. The number of H-pyrrole nitrogens is 1. The second-order valence-corrected chi connectivity index (χ2v) is 4.69. The maximum absolute atomic E-state index is 12.5. The number of hydrogen-bond donors (Lipinski definition) is 2. The quantitative estimate of drug-likeness (QED) is 0.773. The second kappa shape index (κ2) is 5.24. The van der Waals surface area contributed by atoms with Crippen LogP contribution in [0.5, 0.6) is 0 Å². The van der Waals surface area contributed by atoms with Gasteiger partial charge in [0.25, 0.3) is 5.91 Å². The van der Waals surface area contributed by atoms with Crippen LogP contribution in [-0.4, -0.2) is 21.1 Å². The zero-order valence-electron chi connectivity index (χ0n) is 11.7. The van der Waals surface area contributed by atoms with E-state index in [0.717, 1.165) is 5.69 Å². The lowest BCUT2D eigenvalue weighted by atomic mass is 10.1. The summed E-state index contributed by atoms with van der Waals surface area (Å²) in [7, 11) is 0. The van der Waals surface area contributed by atoms with Gasteiger partial charge in [0.2, 0.25) is 0 Å². The van der Waals surface area contributed by atoms with Crippen molar-refractivity contribution in [1.29, 1.82) is 0 Å². The van der Waals surface area contributed by atoms with E-state index in [1.165, 1.54) is 0 Å². The fourth-order valence-electron chi connectivity index (χ4n) is 2.12. The number of pyridine rings is 1. The molecule has 3 aromatic heterocycles. The van der Waals surface area contributed by atoms with Crippen LogP contribution in [-0.2, 0) is 0 Å². The summed E-state index contributed by atoms with van der Waals surface area (Å²) in [6.45, 7) is 3.67. The van der Waals surface area contributed by atoms with Crippen molar-refractivity contribution in [2.45, 2.75) is 13.8 Å². The van der Waals surface area contributed by atoms with E-state index in [1.54, 1.807) is 43.6 Å². The third-order valence-corrected chi connectivity index (χ3v) is 3.08. The van der Waals surface area contributed by atoms with Crippen molar-refractivity contribution in [3.63, 3.8) is 0 Å². The monoisotopic (exact) mass is 282 g/mol. The molecule has 0 unspecified atom stereocenters. The Morgan fingerprint density at radius 2 is 2.19 bits per heavy atom. The maximum Gasteiger partial charge on any atom is 0.259 e. The molecule has 0 atom stereocenters. The molecule has 1 amide bonds. The van der Waals surface area contributed by atoms with Crippen molar-refractivity contribution in [3.8, 4) is 11.5 Å². The molecule has 3 rings (SSSR count). The van der Waals surface area contributed by atoms with E-state index < -0.39 is 0 Å². The van der Waals surface area contributed by atoms with E-state index in [4.69, 9.17) is 4.42 Å². The largest absolute Gasteiger partial charge is 0.463 e. The van der Waals surface area contributed by atoms with Gasteiger partial charge < -0.3 is 9.73 Å². The van der Waals surface area contributed by atoms with Crippen LogP contribution in [0.1, 0.15) is 21.7 Å². The number of amides is 1. The van der Waals surface area contributed by atoms with E-state index in [9.17, 15) is 4.79 Å². The molecule has 0 aliphatic carbocycles. The smallest absolute Gasteiger partial charge is 0.259 e. The minimum Gasteiger partial charge on any atom is -0.463 e. The molecule has 3 aromatic rings. The van der Waals surface area contributed by atoms with E-state index >= 15 is 0 Å². The Labute approximate surface area is 121 Å². The van der Waals surface area contributed by atoms with Gasteiger partial charge in [-0.1, -0.05) is 0 Å². The molecule has 0 fully saturated rings. The number of hydrogen-bond acceptors (Lipinski definition) is 4. The summed E-state index contributed by atoms with van der Waals surface area (Å²) in [6, 6.07) is 7.07. The first-order valence-corrected chi connectivity index (χ1v) is 6.48. The fraction of sp³-hybridized carbons (Fsp3) is 0.133. The van der Waals surface area contributed by atoms with Crippen LogP contribution in [0.25, 0.3) is 11.5 Å². The third-order valence-electron chi connectivity index (χ3n) is 3.08. The lowest BCUT2D eigenvalue weighted by Crippen LogP contribution is -2.13. The van der Waals surface area contributed by atoms with Crippen molar-refractivity contribution < 1.29 is 9.21 Å². The van der Waals surface area contributed by atoms with Crippen LogP contribution in [0.2, 0.25) is 0 Å². The third kappa shape index (κ3) is 2.55. The van der Waals surface area contributed by atoms with Gasteiger partial charge in [0.1, 0.15) is 5.69 Å². The van der Waals surface area contributed by atoms with Crippen molar-refractivity contribution >= 4 is 11.6 Å². The van der Waals surface area contributed by atoms with Crippen LogP contribution in [0.4, 0.5) is 5.69 Å². The first-order valence-electron chi connectivity index (χ1n) is 6.48. The Bertz CT molecular complexity index is 775. The summed E-state index contributed by atoms with van der Waals surface area (Å²) in [5.74, 6) is 0.314. The maximum atomic E-state index is 12.5. The number of carbonyl (C=O) groups is 1. The summed E-state index contributed by atoms with van der Waals surface area (Å²) in [5, 5.41) is 9.81. The Morgan fingerprint density at radius 3 is 2.90 bits per heavy atom. The Hall–Kier alpha value is -2.89. The van der Waals surface area contributed by atoms with E-state index in [0.29, 0.717) is 28.4 Å². The highest BCUT2D eigenvalue weighted by atomic mass is 16.3. The van der Waals surface area contributed by atoms with Gasteiger partial charge in [0.15, 0.2) is 5.76 Å². The van der Waals surface area contributed by atoms with E-state index in [2.05, 4.69) is 20.5 Å². The SMILES string of the molecule is Cc1cc(NC(=O)c2c(-c3ccco3)n[nH]c2C)ccn1. The highest BCUT2D eigenvalue weighted by Gasteiger charge is 2.21. The molecule has 0 aromatic carbocycles. The number of furan rings is 1. The van der Waals surface area contributed by atoms with E-state index in [-0.39, 0.29) is 5.91 Å². The molecule has 0 aliphatic rings. The lowest BCUT2D eigenvalue weighted by Gasteiger charge is -2.06. The minimum atomic E-state index is -0.238. The highest BCUT2D eigenvalue weighted by molar-refractivity contribution is 6.08. The van der Waals surface area contributed by atoms with Crippen LogP contribution >= 0.6 is 0 Å². The molecule has 6 nitrogen and oxygen atoms in total. The molecule has 0 radical (unpaired) electrons. The predicted octanol–water partition coefficient (Wildman–Crippen LogP) is 2.93. The highest BCUT2D eigenvalue weighted by Crippen LogP contribution is 2.25. The summed E-state index contributed by atoms with van der Waals surface area (Å²) < 4.78 is 5.32. The second-order valence-electron chi connectivity index (χ2n) is 4.69. The van der Waals surface area contributed by atoms with Gasteiger partial charge in [-0.15, -0.1) is 0 Å². The zero-order chi connectivity index (χ0) is 14.8. The minimum absolute atomic E-state index is 0.238. The zero-order valence-corrected chi connectivity index (χ0v) is 11.7. The molecule has 2 N–H and O–H groups in total. The Kier molecular flexibility index (Phi) is 3.27. The number of aromatic nitrogens is 3. The van der Waals surface area contributed by atoms with Gasteiger partial charge in [-0.2, -0.15) is 5.10 Å². The molecule has 21 heavy (non-hydrogen) atoms. The molecule has 0 bridgehead atoms. The van der Waals surface area contributed by atoms with Gasteiger partial charge in [-0.25, -0.2) is 0 Å². The number of aryl methyl sites for hydroxylation is 2. The molecular weight excluding hydrogens is 268 g/mol. The number of nitrogens with zero attached hydrogens (tertiary/aromatic N) is 2. The van der Waals surface area contributed by atoms with Gasteiger partial charge in [-0.3, -0.25) is 14.9 Å². The molecule has 0 saturated carbocycles. The van der Waals surface area contributed by atoms with Crippen LogP contribution in [0.15, 0.2) is 41.1 Å². The summed E-state index contributed by atoms with van der Waals surface area (Å²) in [4.78, 5) is 16.6. The predicted molar refractivity (Wildman–Crippen MR) is 78.0 cm³/mol. The molecule has 106 valence electrons. The normalized spacial score (nSPS) is 10.6. The van der Waals surface area contributed by atoms with Gasteiger partial charge in [0, 0.05) is 23.3 Å². The van der Waals surface area contributed by atoms with Crippen molar-refractivity contribution in [1.82, 2.24) is 15.2 Å². The molecule has 0 spiro atoms. The van der Waals surface area contributed by atoms with Crippen molar-refractivity contribution in [3.05, 3.63) is 53.7 Å². The van der Waals surface area contributed by atoms with E-state index in [1.807, 2.05) is 6.92 Å². The molecule has 0 saturated heterocycles. The lowest BCUT2D eigenvalue weighted by molar-refractivity contribution is 0.102. The fourth-order valence-corrected chi connectivity index (χ4v) is 2.12. The molecule has 6 heteroatoms. The van der Waals surface area contributed by atoms with Crippen LogP contribution in [0, 0.1) is 13.8 Å². The number of nitrogens with one attached hydrogen (secondary N) is 2. The molecular formula is C15H14N4O2. The first-order chi connectivity index (χ1) is 10.1. The number of rotatable bonds is 3. The van der Waals surface area contributed by atoms with Gasteiger partial charge in [-0.05, 0) is 38.1 Å². The average molecular weight is 282 g/mol. The summed E-state index contributed by atoms with van der Waals surface area (Å²) in [5.41, 5.74) is 3.19. The van der Waals surface area contributed by atoms with Crippen LogP contribution in [0.3, 0.4) is 0 Å². The topological polar surface area (TPSA) is 83.8 Å². The number of anilines is 1. The standard InChI is InChI=1S/C15H14N4O2/c1-9-8-11(5-6-16-9)17-15(20)13-10(2)18-19-14(13)12-4-3-7-21-12/h3-8H,1-2H3,(H,18,19)(H,16,17,20). The van der Waals surface area contributed by atoms with Crippen molar-refractivity contribution in [2.24, 2.45) is 0 Å². The number of carbonyl (C=O) groups excluding carboxylic acids is 1. The first kappa shape index (κ1) is 13.1. The van der Waals surface area contributed by atoms with Crippen molar-refractivity contribution in [2.75, 3.05) is 5.32 Å². The molecule has 3 heterocycles. The number of aromatic amines is 1. The van der Waals surface area contributed by atoms with Gasteiger partial charge >= 0.3 is 0 Å². The Balaban J connectivity index is 1.93. The summed E-state index contributed by atoms with van der Waals surface area (Å²) >= 11 is 0.